The van der Waals surface area contributed by atoms with Gasteiger partial charge in [-0.15, -0.1) is 0 Å². The maximum atomic E-state index is 9.69. The molecule has 1 aliphatic carbocycles. The molecule has 1 saturated carbocycles. The van der Waals surface area contributed by atoms with Gasteiger partial charge in [-0.05, 0) is 69.2 Å². The van der Waals surface area contributed by atoms with Crippen LogP contribution in [-0.4, -0.2) is 18.7 Å². The monoisotopic (exact) mass is 286 g/mol. The Morgan fingerprint density at radius 3 is 2.52 bits per heavy atom. The summed E-state index contributed by atoms with van der Waals surface area (Å²) < 4.78 is 6.12. The van der Waals surface area contributed by atoms with Crippen molar-refractivity contribution in [1.82, 2.24) is 5.32 Å². The third-order valence-electron chi connectivity index (χ3n) is 4.48. The zero-order valence-electron chi connectivity index (χ0n) is 13.6. The molecule has 114 valence electrons. The molecule has 3 nitrogen and oxygen atoms in total. The van der Waals surface area contributed by atoms with Crippen molar-refractivity contribution < 1.29 is 4.74 Å². The molecule has 0 amide bonds. The number of hydrogen-bond donors (Lipinski definition) is 1. The van der Waals surface area contributed by atoms with Crippen molar-refractivity contribution in [1.29, 1.82) is 5.26 Å². The third-order valence-corrected chi connectivity index (χ3v) is 4.48. The first kappa shape index (κ1) is 15.9. The molecule has 0 bridgehead atoms. The summed E-state index contributed by atoms with van der Waals surface area (Å²) in [5.74, 6) is 1.37. The molecular formula is C18H26N2O. The van der Waals surface area contributed by atoms with Gasteiger partial charge in [0.1, 0.15) is 17.9 Å². The van der Waals surface area contributed by atoms with Gasteiger partial charge >= 0.3 is 0 Å². The summed E-state index contributed by atoms with van der Waals surface area (Å²) in [7, 11) is 0. The Labute approximate surface area is 128 Å². The van der Waals surface area contributed by atoms with Gasteiger partial charge < -0.3 is 4.74 Å². The van der Waals surface area contributed by atoms with Crippen molar-refractivity contribution in [2.75, 3.05) is 13.2 Å². The molecule has 0 aliphatic heterocycles. The molecule has 1 atom stereocenters. The highest BCUT2D eigenvalue weighted by atomic mass is 16.5. The lowest BCUT2D eigenvalue weighted by atomic mass is 9.95. The van der Waals surface area contributed by atoms with Gasteiger partial charge in [0.25, 0.3) is 0 Å². The van der Waals surface area contributed by atoms with Crippen LogP contribution in [0.4, 0.5) is 0 Å². The van der Waals surface area contributed by atoms with Crippen molar-refractivity contribution in [2.24, 2.45) is 5.92 Å². The van der Waals surface area contributed by atoms with Gasteiger partial charge in [-0.25, -0.2) is 0 Å². The minimum Gasteiger partial charge on any atom is -0.490 e. The van der Waals surface area contributed by atoms with E-state index in [1.165, 1.54) is 11.1 Å². The zero-order valence-corrected chi connectivity index (χ0v) is 13.6. The van der Waals surface area contributed by atoms with Gasteiger partial charge in [0.05, 0.1) is 6.07 Å². The highest BCUT2D eigenvalue weighted by molar-refractivity contribution is 5.44. The molecule has 21 heavy (non-hydrogen) atoms. The van der Waals surface area contributed by atoms with E-state index in [0.717, 1.165) is 37.1 Å². The fourth-order valence-corrected chi connectivity index (χ4v) is 2.73. The van der Waals surface area contributed by atoms with Crippen LogP contribution in [0.2, 0.25) is 0 Å². The van der Waals surface area contributed by atoms with Gasteiger partial charge in [0.2, 0.25) is 0 Å². The predicted molar refractivity (Wildman–Crippen MR) is 85.5 cm³/mol. The topological polar surface area (TPSA) is 45.0 Å². The van der Waals surface area contributed by atoms with Gasteiger partial charge in [-0.3, -0.25) is 5.32 Å². The Kier molecular flexibility index (Phi) is 4.90. The van der Waals surface area contributed by atoms with Gasteiger partial charge in [-0.1, -0.05) is 19.1 Å². The number of rotatable bonds is 7. The molecule has 0 heterocycles. The minimum atomic E-state index is -0.529. The number of benzene rings is 1. The van der Waals surface area contributed by atoms with Crippen LogP contribution in [-0.2, 0) is 0 Å². The summed E-state index contributed by atoms with van der Waals surface area (Å²) >= 11 is 0. The van der Waals surface area contributed by atoms with Crippen molar-refractivity contribution in [3.8, 4) is 11.8 Å². The lowest BCUT2D eigenvalue weighted by molar-refractivity contribution is 0.200. The Morgan fingerprint density at radius 1 is 1.29 bits per heavy atom. The molecule has 0 radical (unpaired) electrons. The van der Waals surface area contributed by atoms with Crippen molar-refractivity contribution in [3.63, 3.8) is 0 Å². The number of hydrogen-bond acceptors (Lipinski definition) is 3. The summed E-state index contributed by atoms with van der Waals surface area (Å²) in [5.41, 5.74) is 3.01. The first-order valence-corrected chi connectivity index (χ1v) is 7.90. The number of nitrogens with one attached hydrogen (secondary N) is 1. The first-order chi connectivity index (χ1) is 10.0. The quantitative estimate of drug-likeness (QED) is 0.832. The molecule has 1 aromatic carbocycles. The van der Waals surface area contributed by atoms with E-state index in [2.05, 4.69) is 51.2 Å². The van der Waals surface area contributed by atoms with E-state index in [0.29, 0.717) is 12.5 Å². The summed E-state index contributed by atoms with van der Waals surface area (Å²) in [6.07, 6.45) is 3.28. The summed E-state index contributed by atoms with van der Waals surface area (Å²) in [6, 6.07) is 6.70. The lowest BCUT2D eigenvalue weighted by Crippen LogP contribution is -2.51. The summed E-state index contributed by atoms with van der Waals surface area (Å²) in [4.78, 5) is 0. The molecule has 1 aromatic rings. The second-order valence-corrected chi connectivity index (χ2v) is 6.23. The van der Waals surface area contributed by atoms with Crippen molar-refractivity contribution in [3.05, 3.63) is 28.8 Å². The van der Waals surface area contributed by atoms with Gasteiger partial charge in [0, 0.05) is 0 Å². The van der Waals surface area contributed by atoms with E-state index < -0.39 is 5.54 Å². The van der Waals surface area contributed by atoms with Crippen LogP contribution in [0.15, 0.2) is 12.1 Å². The maximum absolute atomic E-state index is 9.69. The maximum Gasteiger partial charge on any atom is 0.143 e. The molecule has 1 N–H and O–H groups in total. The highest BCUT2D eigenvalue weighted by Crippen LogP contribution is 2.40. The number of nitrogens with zero attached hydrogens (tertiary/aromatic N) is 1. The van der Waals surface area contributed by atoms with Crippen LogP contribution in [0.5, 0.6) is 5.75 Å². The second kappa shape index (κ2) is 6.49. The average Bonchev–Trinajstić information content (AvgIpc) is 3.32. The van der Waals surface area contributed by atoms with E-state index in [9.17, 15) is 5.26 Å². The Bertz CT molecular complexity index is 543. The van der Waals surface area contributed by atoms with Crippen LogP contribution >= 0.6 is 0 Å². The van der Waals surface area contributed by atoms with Crippen molar-refractivity contribution in [2.45, 2.75) is 52.5 Å². The molecule has 0 saturated heterocycles. The van der Waals surface area contributed by atoms with E-state index in [1.807, 2.05) is 0 Å². The number of nitriles is 1. The number of aryl methyl sites for hydroxylation is 2. The molecule has 0 spiro atoms. The lowest BCUT2D eigenvalue weighted by Gasteiger charge is -2.29. The fraction of sp³-hybridized carbons (Fsp3) is 0.611. The molecule has 0 aromatic heterocycles. The fourth-order valence-electron chi connectivity index (χ4n) is 2.73. The minimum absolute atomic E-state index is 0.430. The normalized spacial score (nSPS) is 17.1. The smallest absolute Gasteiger partial charge is 0.143 e. The molecule has 2 rings (SSSR count). The molecular weight excluding hydrogens is 260 g/mol. The Morgan fingerprint density at radius 2 is 1.95 bits per heavy atom. The van der Waals surface area contributed by atoms with E-state index in [4.69, 9.17) is 4.74 Å². The zero-order chi connectivity index (χ0) is 15.5. The number of ether oxygens (including phenoxy) is 1. The van der Waals surface area contributed by atoms with Gasteiger partial charge in [0.15, 0.2) is 0 Å². The first-order valence-electron chi connectivity index (χ1n) is 7.90. The second-order valence-electron chi connectivity index (χ2n) is 6.23. The van der Waals surface area contributed by atoms with E-state index in [1.54, 1.807) is 0 Å². The SMILES string of the molecule is CCCNC(C#N)(COc1c(C)ccc(C)c1C)C1CC1. The van der Waals surface area contributed by atoms with Crippen LogP contribution in [0.1, 0.15) is 42.9 Å². The standard InChI is InChI=1S/C18H26N2O/c1-5-10-20-18(11-19,16-8-9-16)12-21-17-14(3)7-6-13(2)15(17)4/h6-7,16,20H,5,8-10,12H2,1-4H3. The van der Waals surface area contributed by atoms with Crippen molar-refractivity contribution >= 4 is 0 Å². The molecule has 3 heteroatoms. The molecule has 1 unspecified atom stereocenters. The van der Waals surface area contributed by atoms with E-state index in [-0.39, 0.29) is 0 Å². The largest absolute Gasteiger partial charge is 0.490 e. The summed E-state index contributed by atoms with van der Waals surface area (Å²) in [5, 5.41) is 13.1. The van der Waals surface area contributed by atoms with Crippen LogP contribution in [0.3, 0.4) is 0 Å². The van der Waals surface area contributed by atoms with Crippen LogP contribution in [0, 0.1) is 38.0 Å². The third kappa shape index (κ3) is 3.39. The Hall–Kier alpha value is -1.53. The molecule has 1 aliphatic rings. The van der Waals surface area contributed by atoms with Crippen LogP contribution < -0.4 is 10.1 Å². The Balaban J connectivity index is 2.16. The average molecular weight is 286 g/mol. The van der Waals surface area contributed by atoms with E-state index >= 15 is 0 Å². The molecule has 1 fully saturated rings. The van der Waals surface area contributed by atoms with Gasteiger partial charge in [-0.2, -0.15) is 5.26 Å². The summed E-state index contributed by atoms with van der Waals surface area (Å²) in [6.45, 7) is 9.65. The highest BCUT2D eigenvalue weighted by Gasteiger charge is 2.46. The predicted octanol–water partition coefficient (Wildman–Crippen LogP) is 3.66. The van der Waals surface area contributed by atoms with Crippen LogP contribution in [0.25, 0.3) is 0 Å².